The predicted molar refractivity (Wildman–Crippen MR) is 122 cm³/mol. The summed E-state index contributed by atoms with van der Waals surface area (Å²) in [4.78, 5) is 33.4. The molecule has 1 aromatic rings. The van der Waals surface area contributed by atoms with Gasteiger partial charge in [0.15, 0.2) is 0 Å². The van der Waals surface area contributed by atoms with E-state index >= 15 is 0 Å². The summed E-state index contributed by atoms with van der Waals surface area (Å²) in [6, 6.07) is 3.77. The maximum absolute atomic E-state index is 13.2. The summed E-state index contributed by atoms with van der Waals surface area (Å²) in [6.07, 6.45) is 5.71. The van der Waals surface area contributed by atoms with E-state index in [-0.39, 0.29) is 17.9 Å². The molecular formula is C23H36N4O3S. The molecule has 2 saturated heterocycles. The second-order valence-electron chi connectivity index (χ2n) is 8.89. The van der Waals surface area contributed by atoms with Crippen molar-refractivity contribution in [2.24, 2.45) is 5.92 Å². The lowest BCUT2D eigenvalue weighted by molar-refractivity contribution is -0.129. The maximum Gasteiger partial charge on any atom is 0.264 e. The molecule has 2 aliphatic heterocycles. The first-order valence-corrected chi connectivity index (χ1v) is 12.7. The molecule has 4 rings (SSSR count). The number of carbonyl (C=O) groups excluding carboxylic acids is 2. The predicted octanol–water partition coefficient (Wildman–Crippen LogP) is 1.90. The number of carbonyl (C=O) groups is 2. The van der Waals surface area contributed by atoms with Gasteiger partial charge in [-0.05, 0) is 43.2 Å². The maximum atomic E-state index is 13.2. The molecule has 3 aliphatic rings. The van der Waals surface area contributed by atoms with Crippen molar-refractivity contribution in [1.82, 2.24) is 20.0 Å². The van der Waals surface area contributed by atoms with E-state index in [1.807, 2.05) is 22.4 Å². The second kappa shape index (κ2) is 11.4. The standard InChI is InChI=1S/C23H36N4O3S/c28-22(24-8-4-9-25-14-16-30-17-15-25)21(19-5-1-2-6-19)26-10-12-27(13-11-26)23(29)20-7-3-18-31-20/h3,7,18-19,21H,1-2,4-6,8-17H2,(H,24,28). The second-order valence-corrected chi connectivity index (χ2v) is 9.84. The molecular weight excluding hydrogens is 412 g/mol. The van der Waals surface area contributed by atoms with Crippen LogP contribution >= 0.6 is 11.3 Å². The third kappa shape index (κ3) is 6.06. The molecule has 31 heavy (non-hydrogen) atoms. The van der Waals surface area contributed by atoms with Gasteiger partial charge in [0.05, 0.1) is 24.1 Å². The van der Waals surface area contributed by atoms with Crippen molar-refractivity contribution in [3.8, 4) is 0 Å². The number of nitrogens with one attached hydrogen (secondary N) is 1. The van der Waals surface area contributed by atoms with E-state index in [1.54, 1.807) is 0 Å². The highest BCUT2D eigenvalue weighted by Crippen LogP contribution is 2.31. The number of morpholine rings is 1. The van der Waals surface area contributed by atoms with Gasteiger partial charge in [0, 0.05) is 45.8 Å². The van der Waals surface area contributed by atoms with E-state index < -0.39 is 0 Å². The molecule has 8 heteroatoms. The summed E-state index contributed by atoms with van der Waals surface area (Å²) in [5.74, 6) is 0.755. The lowest BCUT2D eigenvalue weighted by Crippen LogP contribution is -2.58. The van der Waals surface area contributed by atoms with Crippen molar-refractivity contribution in [3.05, 3.63) is 22.4 Å². The monoisotopic (exact) mass is 448 g/mol. The summed E-state index contributed by atoms with van der Waals surface area (Å²) < 4.78 is 5.40. The summed E-state index contributed by atoms with van der Waals surface area (Å²) in [6.45, 7) is 8.32. The van der Waals surface area contributed by atoms with Crippen molar-refractivity contribution in [2.45, 2.75) is 38.1 Å². The van der Waals surface area contributed by atoms with Crippen LogP contribution in [0.5, 0.6) is 0 Å². The van der Waals surface area contributed by atoms with Gasteiger partial charge in [-0.25, -0.2) is 0 Å². The number of ether oxygens (including phenoxy) is 1. The van der Waals surface area contributed by atoms with E-state index in [9.17, 15) is 9.59 Å². The van der Waals surface area contributed by atoms with E-state index in [0.717, 1.165) is 76.6 Å². The van der Waals surface area contributed by atoms with Crippen LogP contribution in [0.3, 0.4) is 0 Å². The Morgan fingerprint density at radius 1 is 1.10 bits per heavy atom. The van der Waals surface area contributed by atoms with Gasteiger partial charge < -0.3 is 15.0 Å². The van der Waals surface area contributed by atoms with Crippen molar-refractivity contribution < 1.29 is 14.3 Å². The van der Waals surface area contributed by atoms with Crippen LogP contribution in [0.15, 0.2) is 17.5 Å². The molecule has 1 N–H and O–H groups in total. The first kappa shape index (κ1) is 22.7. The summed E-state index contributed by atoms with van der Waals surface area (Å²) >= 11 is 1.50. The zero-order valence-electron chi connectivity index (χ0n) is 18.5. The molecule has 1 aromatic heterocycles. The van der Waals surface area contributed by atoms with Crippen molar-refractivity contribution in [1.29, 1.82) is 0 Å². The third-order valence-corrected chi connectivity index (χ3v) is 7.75. The quantitative estimate of drug-likeness (QED) is 0.616. The molecule has 3 fully saturated rings. The van der Waals surface area contributed by atoms with Crippen LogP contribution in [-0.2, 0) is 9.53 Å². The molecule has 0 radical (unpaired) electrons. The lowest BCUT2D eigenvalue weighted by atomic mass is 9.95. The third-order valence-electron chi connectivity index (χ3n) is 6.90. The van der Waals surface area contributed by atoms with Gasteiger partial charge in [0.1, 0.15) is 0 Å². The Morgan fingerprint density at radius 3 is 2.52 bits per heavy atom. The number of nitrogens with zero attached hydrogens (tertiary/aromatic N) is 3. The number of thiophene rings is 1. The molecule has 3 heterocycles. The SMILES string of the molecule is O=C(NCCCN1CCOCC1)C(C1CCCC1)N1CCN(C(=O)c2cccs2)CC1. The largest absolute Gasteiger partial charge is 0.379 e. The Bertz CT molecular complexity index is 694. The van der Waals surface area contributed by atoms with Gasteiger partial charge in [-0.3, -0.25) is 19.4 Å². The van der Waals surface area contributed by atoms with Crippen LogP contribution in [0.2, 0.25) is 0 Å². The van der Waals surface area contributed by atoms with Crippen molar-refractivity contribution in [3.63, 3.8) is 0 Å². The molecule has 0 spiro atoms. The highest BCUT2D eigenvalue weighted by Gasteiger charge is 2.37. The molecule has 172 valence electrons. The number of piperazine rings is 1. The molecule has 1 unspecified atom stereocenters. The zero-order valence-corrected chi connectivity index (χ0v) is 19.3. The van der Waals surface area contributed by atoms with Gasteiger partial charge >= 0.3 is 0 Å². The summed E-state index contributed by atoms with van der Waals surface area (Å²) in [5.41, 5.74) is 0. The number of rotatable bonds is 8. The minimum absolute atomic E-state index is 0.0510. The number of amides is 2. The Labute approximate surface area is 189 Å². The lowest BCUT2D eigenvalue weighted by Gasteiger charge is -2.40. The number of hydrogen-bond donors (Lipinski definition) is 1. The van der Waals surface area contributed by atoms with E-state index in [4.69, 9.17) is 4.74 Å². The molecule has 1 atom stereocenters. The number of hydrogen-bond acceptors (Lipinski definition) is 6. The minimum atomic E-state index is -0.0510. The van der Waals surface area contributed by atoms with Crippen LogP contribution in [0, 0.1) is 5.92 Å². The van der Waals surface area contributed by atoms with Crippen LogP contribution in [0.1, 0.15) is 41.8 Å². The molecule has 1 saturated carbocycles. The Morgan fingerprint density at radius 2 is 1.84 bits per heavy atom. The van der Waals surface area contributed by atoms with E-state index in [0.29, 0.717) is 19.0 Å². The Kier molecular flexibility index (Phi) is 8.35. The Balaban J connectivity index is 1.27. The highest BCUT2D eigenvalue weighted by molar-refractivity contribution is 7.12. The fourth-order valence-electron chi connectivity index (χ4n) is 5.15. The molecule has 1 aliphatic carbocycles. The average Bonchev–Trinajstić information content (AvgIpc) is 3.52. The Hall–Kier alpha value is -1.48. The first-order valence-electron chi connectivity index (χ1n) is 11.9. The topological polar surface area (TPSA) is 65.1 Å². The summed E-state index contributed by atoms with van der Waals surface area (Å²) in [7, 11) is 0. The fourth-order valence-corrected chi connectivity index (χ4v) is 5.84. The molecule has 0 bridgehead atoms. The molecule has 2 amide bonds. The van der Waals surface area contributed by atoms with Gasteiger partial charge in [-0.15, -0.1) is 11.3 Å². The van der Waals surface area contributed by atoms with Gasteiger partial charge in [0.2, 0.25) is 5.91 Å². The zero-order chi connectivity index (χ0) is 21.5. The van der Waals surface area contributed by atoms with Gasteiger partial charge in [0.25, 0.3) is 5.91 Å². The normalized spacial score (nSPS) is 22.5. The smallest absolute Gasteiger partial charge is 0.264 e. The van der Waals surface area contributed by atoms with Crippen molar-refractivity contribution in [2.75, 3.05) is 65.6 Å². The molecule has 7 nitrogen and oxygen atoms in total. The van der Waals surface area contributed by atoms with Crippen LogP contribution in [-0.4, -0.2) is 98.1 Å². The summed E-state index contributed by atoms with van der Waals surface area (Å²) in [5, 5.41) is 5.18. The van der Waals surface area contributed by atoms with Gasteiger partial charge in [-0.1, -0.05) is 18.9 Å². The highest BCUT2D eigenvalue weighted by atomic mass is 32.1. The fraction of sp³-hybridized carbons (Fsp3) is 0.739. The minimum Gasteiger partial charge on any atom is -0.379 e. The first-order chi connectivity index (χ1) is 15.2. The average molecular weight is 449 g/mol. The van der Waals surface area contributed by atoms with E-state index in [1.165, 1.54) is 24.2 Å². The van der Waals surface area contributed by atoms with Gasteiger partial charge in [-0.2, -0.15) is 0 Å². The van der Waals surface area contributed by atoms with Crippen LogP contribution < -0.4 is 5.32 Å². The molecule has 0 aromatic carbocycles. The van der Waals surface area contributed by atoms with E-state index in [2.05, 4.69) is 15.1 Å². The van der Waals surface area contributed by atoms with Crippen LogP contribution in [0.25, 0.3) is 0 Å². The van der Waals surface area contributed by atoms with Crippen LogP contribution in [0.4, 0.5) is 0 Å². The van der Waals surface area contributed by atoms with Crippen molar-refractivity contribution >= 4 is 23.2 Å².